The van der Waals surface area contributed by atoms with Gasteiger partial charge in [-0.25, -0.2) is 4.39 Å². The summed E-state index contributed by atoms with van der Waals surface area (Å²) in [6.07, 6.45) is -2.25. The van der Waals surface area contributed by atoms with Crippen molar-refractivity contribution in [1.82, 2.24) is 15.1 Å². The van der Waals surface area contributed by atoms with Crippen LogP contribution in [0.3, 0.4) is 0 Å². The summed E-state index contributed by atoms with van der Waals surface area (Å²) in [7, 11) is 0. The second kappa shape index (κ2) is 11.4. The zero-order valence-electron chi connectivity index (χ0n) is 21.3. The molecule has 0 spiro atoms. The van der Waals surface area contributed by atoms with Gasteiger partial charge in [-0.2, -0.15) is 13.2 Å². The molecule has 0 aromatic heterocycles. The number of alkyl halides is 3. The molecule has 0 bridgehead atoms. The van der Waals surface area contributed by atoms with E-state index in [4.69, 9.17) is 11.6 Å². The Morgan fingerprint density at radius 3 is 2.45 bits per heavy atom. The minimum absolute atomic E-state index is 0.0590. The summed E-state index contributed by atoms with van der Waals surface area (Å²) >= 11 is 6.07. The van der Waals surface area contributed by atoms with Crippen molar-refractivity contribution in [3.8, 4) is 0 Å². The molecule has 5 rings (SSSR count). The van der Waals surface area contributed by atoms with Gasteiger partial charge in [0.25, 0.3) is 11.8 Å². The smallest absolute Gasteiger partial charge is 0.345 e. The number of carbonyl (C=O) groups excluding carboxylic acids is 2. The van der Waals surface area contributed by atoms with Gasteiger partial charge in [0.05, 0.1) is 22.2 Å². The maximum atomic E-state index is 14.3. The molecule has 2 atom stereocenters. The first kappa shape index (κ1) is 27.9. The highest BCUT2D eigenvalue weighted by molar-refractivity contribution is 6.33. The number of hydrogen-bond donors (Lipinski definition) is 1. The number of carbonyl (C=O) groups is 2. The molecule has 40 heavy (non-hydrogen) atoms. The van der Waals surface area contributed by atoms with Gasteiger partial charge in [0.1, 0.15) is 5.82 Å². The van der Waals surface area contributed by atoms with Crippen LogP contribution in [0.5, 0.6) is 0 Å². The number of halogens is 5. The predicted octanol–water partition coefficient (Wildman–Crippen LogP) is 6.33. The minimum atomic E-state index is -4.54. The summed E-state index contributed by atoms with van der Waals surface area (Å²) in [6.45, 7) is 2.33. The number of nitrogens with zero attached hydrogens (tertiary/aromatic N) is 2. The molecule has 1 unspecified atom stereocenters. The van der Waals surface area contributed by atoms with Crippen molar-refractivity contribution in [3.63, 3.8) is 0 Å². The largest absolute Gasteiger partial charge is 0.416 e. The van der Waals surface area contributed by atoms with Crippen LogP contribution in [0.2, 0.25) is 5.02 Å². The Morgan fingerprint density at radius 2 is 1.75 bits per heavy atom. The maximum Gasteiger partial charge on any atom is 0.416 e. The summed E-state index contributed by atoms with van der Waals surface area (Å²) in [5.41, 5.74) is 0.833. The van der Waals surface area contributed by atoms with Crippen molar-refractivity contribution in [2.45, 2.75) is 18.6 Å². The molecular weight excluding hydrogens is 546 g/mol. The van der Waals surface area contributed by atoms with Gasteiger partial charge < -0.3 is 10.2 Å². The SMILES string of the molecule is O=C(N[C@@H](CCN1CC2=CN(C(=O)c3c(F)cccc3Cl)CC2C1)c1ccccc1)c1cccc(C(F)(F)F)c1. The molecule has 0 saturated carbocycles. The van der Waals surface area contributed by atoms with E-state index in [1.807, 2.05) is 30.3 Å². The monoisotopic (exact) mass is 571 g/mol. The summed E-state index contributed by atoms with van der Waals surface area (Å²) in [6, 6.07) is 17.4. The molecule has 1 N–H and O–H groups in total. The molecular formula is C30H26ClF4N3O2. The average Bonchev–Trinajstić information content (AvgIpc) is 3.50. The molecule has 10 heteroatoms. The first-order valence-electron chi connectivity index (χ1n) is 12.8. The van der Waals surface area contributed by atoms with Gasteiger partial charge in [0.15, 0.2) is 0 Å². The normalized spacial score (nSPS) is 17.9. The van der Waals surface area contributed by atoms with E-state index in [-0.39, 0.29) is 22.1 Å². The summed E-state index contributed by atoms with van der Waals surface area (Å²) in [5, 5.41) is 2.98. The Hall–Kier alpha value is -3.69. The van der Waals surface area contributed by atoms with E-state index < -0.39 is 35.4 Å². The van der Waals surface area contributed by atoms with Gasteiger partial charge in [-0.1, -0.05) is 54.1 Å². The van der Waals surface area contributed by atoms with Crippen LogP contribution in [0, 0.1) is 11.7 Å². The second-order valence-corrected chi connectivity index (χ2v) is 10.4. The Kier molecular flexibility index (Phi) is 7.96. The molecule has 2 aliphatic rings. The zero-order chi connectivity index (χ0) is 28.4. The molecule has 2 amide bonds. The molecule has 2 heterocycles. The van der Waals surface area contributed by atoms with Gasteiger partial charge in [-0.3, -0.25) is 14.5 Å². The van der Waals surface area contributed by atoms with E-state index in [1.54, 1.807) is 6.20 Å². The van der Waals surface area contributed by atoms with Crippen molar-refractivity contribution in [2.75, 3.05) is 26.2 Å². The topological polar surface area (TPSA) is 52.7 Å². The predicted molar refractivity (Wildman–Crippen MR) is 143 cm³/mol. The standard InChI is InChI=1S/C30H26ClF4N3O2/c31-24-10-5-11-25(32)27(24)29(40)38-17-21-15-37(16-22(21)18-38)13-12-26(19-6-2-1-3-7-19)36-28(39)20-8-4-9-23(14-20)30(33,34)35/h1-11,14,17,22,26H,12-13,15-16,18H2,(H,36,39)/t22?,26-/m0/s1. The lowest BCUT2D eigenvalue weighted by molar-refractivity contribution is -0.137. The van der Waals surface area contributed by atoms with Crippen molar-refractivity contribution in [1.29, 1.82) is 0 Å². The van der Waals surface area contributed by atoms with Crippen molar-refractivity contribution < 1.29 is 27.2 Å². The Labute approximate surface area is 234 Å². The van der Waals surface area contributed by atoms with Crippen molar-refractivity contribution in [3.05, 3.63) is 118 Å². The van der Waals surface area contributed by atoms with Gasteiger partial charge in [0, 0.05) is 43.9 Å². The van der Waals surface area contributed by atoms with Crippen molar-refractivity contribution in [2.24, 2.45) is 5.92 Å². The van der Waals surface area contributed by atoms with Gasteiger partial charge >= 0.3 is 6.18 Å². The zero-order valence-corrected chi connectivity index (χ0v) is 22.1. The third-order valence-electron chi connectivity index (χ3n) is 7.28. The third-order valence-corrected chi connectivity index (χ3v) is 7.59. The van der Waals surface area contributed by atoms with Crippen LogP contribution >= 0.6 is 11.6 Å². The fraction of sp³-hybridized carbons (Fsp3) is 0.267. The van der Waals surface area contributed by atoms with Crippen LogP contribution < -0.4 is 5.32 Å². The highest BCUT2D eigenvalue weighted by Crippen LogP contribution is 2.33. The molecule has 5 nitrogen and oxygen atoms in total. The van der Waals surface area contributed by atoms with E-state index >= 15 is 0 Å². The molecule has 3 aromatic carbocycles. The lowest BCUT2D eigenvalue weighted by atomic mass is 10.0. The molecule has 208 valence electrons. The fourth-order valence-corrected chi connectivity index (χ4v) is 5.49. The molecule has 1 saturated heterocycles. The van der Waals surface area contributed by atoms with Crippen LogP contribution in [-0.2, 0) is 6.18 Å². The molecule has 3 aromatic rings. The van der Waals surface area contributed by atoms with Crippen LogP contribution in [0.25, 0.3) is 0 Å². The highest BCUT2D eigenvalue weighted by atomic mass is 35.5. The molecule has 1 fully saturated rings. The Balaban J connectivity index is 1.24. The molecule has 2 aliphatic heterocycles. The van der Waals surface area contributed by atoms with E-state index in [1.165, 1.54) is 35.2 Å². The van der Waals surface area contributed by atoms with E-state index in [0.29, 0.717) is 32.6 Å². The molecule has 0 radical (unpaired) electrons. The number of rotatable bonds is 7. The average molecular weight is 572 g/mol. The van der Waals surface area contributed by atoms with Gasteiger partial charge in [-0.05, 0) is 47.9 Å². The highest BCUT2D eigenvalue weighted by Gasteiger charge is 2.37. The number of likely N-dealkylation sites (tertiary alicyclic amines) is 1. The van der Waals surface area contributed by atoms with Crippen LogP contribution in [0.4, 0.5) is 17.6 Å². The maximum absolute atomic E-state index is 14.3. The van der Waals surface area contributed by atoms with Crippen molar-refractivity contribution >= 4 is 23.4 Å². The summed E-state index contributed by atoms with van der Waals surface area (Å²) in [5.74, 6) is -1.61. The lowest BCUT2D eigenvalue weighted by Gasteiger charge is -2.24. The first-order chi connectivity index (χ1) is 19.1. The van der Waals surface area contributed by atoms with Crippen LogP contribution in [-0.4, -0.2) is 47.8 Å². The van der Waals surface area contributed by atoms with E-state index in [2.05, 4.69) is 10.2 Å². The number of amides is 2. The number of hydrogen-bond acceptors (Lipinski definition) is 3. The Bertz CT molecular complexity index is 1420. The number of benzene rings is 3. The van der Waals surface area contributed by atoms with Gasteiger partial charge in [-0.15, -0.1) is 0 Å². The summed E-state index contributed by atoms with van der Waals surface area (Å²) < 4.78 is 53.7. The fourth-order valence-electron chi connectivity index (χ4n) is 5.25. The van der Waals surface area contributed by atoms with Gasteiger partial charge in [0.2, 0.25) is 0 Å². The first-order valence-corrected chi connectivity index (χ1v) is 13.2. The molecule has 0 aliphatic carbocycles. The Morgan fingerprint density at radius 1 is 1.00 bits per heavy atom. The number of nitrogens with one attached hydrogen (secondary N) is 1. The third kappa shape index (κ3) is 6.05. The van der Waals surface area contributed by atoms with E-state index in [9.17, 15) is 27.2 Å². The van der Waals surface area contributed by atoms with Crippen LogP contribution in [0.15, 0.2) is 84.6 Å². The second-order valence-electron chi connectivity index (χ2n) is 9.99. The van der Waals surface area contributed by atoms with Crippen LogP contribution in [0.1, 0.15) is 44.3 Å². The lowest BCUT2D eigenvalue weighted by Crippen LogP contribution is -2.33. The minimum Gasteiger partial charge on any atom is -0.345 e. The quantitative estimate of drug-likeness (QED) is 0.337. The summed E-state index contributed by atoms with van der Waals surface area (Å²) in [4.78, 5) is 29.6. The van der Waals surface area contributed by atoms with E-state index in [0.717, 1.165) is 23.3 Å². The number of fused-ring (bicyclic) bond motifs is 1.